The first kappa shape index (κ1) is 12.6. The summed E-state index contributed by atoms with van der Waals surface area (Å²) in [7, 11) is 0. The van der Waals surface area contributed by atoms with Gasteiger partial charge in [-0.3, -0.25) is 9.59 Å². The number of hydrogen-bond donors (Lipinski definition) is 0. The summed E-state index contributed by atoms with van der Waals surface area (Å²) in [4.78, 5) is 25.2. The van der Waals surface area contributed by atoms with E-state index in [2.05, 4.69) is 15.9 Å². The Kier molecular flexibility index (Phi) is 3.89. The van der Waals surface area contributed by atoms with Crippen LogP contribution in [0.3, 0.4) is 0 Å². The number of hydrogen-bond acceptors (Lipinski definition) is 3. The molecular formula is C12H12BrNO2S. The van der Waals surface area contributed by atoms with E-state index >= 15 is 0 Å². The molecule has 1 aromatic carbocycles. The molecule has 1 heterocycles. The third kappa shape index (κ3) is 2.55. The monoisotopic (exact) mass is 313 g/mol. The molecule has 1 atom stereocenters. The number of imide groups is 1. The van der Waals surface area contributed by atoms with E-state index in [0.717, 1.165) is 10.2 Å². The number of benzene rings is 1. The molecule has 0 spiro atoms. The Bertz CT molecular complexity index is 446. The number of carbonyl (C=O) groups is 2. The minimum absolute atomic E-state index is 0.0934. The maximum absolute atomic E-state index is 12.1. The Labute approximate surface area is 113 Å². The molecule has 1 aromatic rings. The number of thioether (sulfide) groups is 1. The average molecular weight is 314 g/mol. The molecule has 0 aliphatic carbocycles. The van der Waals surface area contributed by atoms with Crippen molar-refractivity contribution in [3.05, 3.63) is 28.7 Å². The van der Waals surface area contributed by atoms with Gasteiger partial charge in [0.1, 0.15) is 0 Å². The zero-order valence-corrected chi connectivity index (χ0v) is 11.8. The summed E-state index contributed by atoms with van der Waals surface area (Å²) in [5.41, 5.74) is 0.655. The quantitative estimate of drug-likeness (QED) is 0.805. The van der Waals surface area contributed by atoms with Gasteiger partial charge in [-0.25, -0.2) is 4.90 Å². The van der Waals surface area contributed by atoms with E-state index in [1.165, 1.54) is 16.7 Å². The van der Waals surface area contributed by atoms with E-state index in [-0.39, 0.29) is 17.1 Å². The standard InChI is InChI=1S/C12H12BrNO2S/c1-2-17-10-7-11(15)14(12(10)16)9-5-3-8(13)4-6-9/h3-6,10H,2,7H2,1H3/t10-/m1/s1. The van der Waals surface area contributed by atoms with Crippen molar-refractivity contribution in [3.63, 3.8) is 0 Å². The normalized spacial score (nSPS) is 20.1. The summed E-state index contributed by atoms with van der Waals surface area (Å²) >= 11 is 4.86. The lowest BCUT2D eigenvalue weighted by Crippen LogP contribution is -2.31. The summed E-state index contributed by atoms with van der Waals surface area (Å²) in [6.45, 7) is 1.99. The number of nitrogens with zero attached hydrogens (tertiary/aromatic N) is 1. The van der Waals surface area contributed by atoms with Crippen LogP contribution in [-0.2, 0) is 9.59 Å². The number of anilines is 1. The van der Waals surface area contributed by atoms with E-state index < -0.39 is 0 Å². The fourth-order valence-electron chi connectivity index (χ4n) is 1.80. The summed E-state index contributed by atoms with van der Waals surface area (Å²) in [5.74, 6) is 0.644. The molecule has 1 aliphatic heterocycles. The maximum Gasteiger partial charge on any atom is 0.247 e. The van der Waals surface area contributed by atoms with Gasteiger partial charge in [0.05, 0.1) is 10.9 Å². The summed E-state index contributed by atoms with van der Waals surface area (Å²) in [6, 6.07) is 7.21. The molecule has 0 radical (unpaired) electrons. The van der Waals surface area contributed by atoms with Gasteiger partial charge in [0.15, 0.2) is 0 Å². The smallest absolute Gasteiger partial charge is 0.247 e. The zero-order chi connectivity index (χ0) is 12.4. The molecule has 3 nitrogen and oxygen atoms in total. The predicted octanol–water partition coefficient (Wildman–Crippen LogP) is 2.83. The second kappa shape index (κ2) is 5.23. The van der Waals surface area contributed by atoms with Crippen LogP contribution in [0.2, 0.25) is 0 Å². The Morgan fingerprint density at radius 3 is 2.59 bits per heavy atom. The molecule has 1 aliphatic rings. The van der Waals surface area contributed by atoms with Crippen molar-refractivity contribution in [2.45, 2.75) is 18.6 Å². The lowest BCUT2D eigenvalue weighted by atomic mass is 10.3. The van der Waals surface area contributed by atoms with Crippen LogP contribution in [0, 0.1) is 0 Å². The highest BCUT2D eigenvalue weighted by molar-refractivity contribution is 9.10. The predicted molar refractivity (Wildman–Crippen MR) is 73.2 cm³/mol. The number of carbonyl (C=O) groups excluding carboxylic acids is 2. The molecule has 0 unspecified atom stereocenters. The van der Waals surface area contributed by atoms with Crippen LogP contribution in [0.25, 0.3) is 0 Å². The van der Waals surface area contributed by atoms with E-state index in [4.69, 9.17) is 0 Å². The van der Waals surface area contributed by atoms with Gasteiger partial charge in [0, 0.05) is 10.9 Å². The molecule has 5 heteroatoms. The van der Waals surface area contributed by atoms with Gasteiger partial charge in [-0.15, -0.1) is 11.8 Å². The van der Waals surface area contributed by atoms with Crippen LogP contribution in [0.4, 0.5) is 5.69 Å². The van der Waals surface area contributed by atoms with Crippen LogP contribution in [0.5, 0.6) is 0 Å². The van der Waals surface area contributed by atoms with Crippen molar-refractivity contribution < 1.29 is 9.59 Å². The summed E-state index contributed by atoms with van der Waals surface area (Å²) in [5, 5.41) is -0.212. The SMILES string of the molecule is CCS[C@@H]1CC(=O)N(c2ccc(Br)cc2)C1=O. The van der Waals surface area contributed by atoms with Gasteiger partial charge in [-0.1, -0.05) is 22.9 Å². The van der Waals surface area contributed by atoms with Gasteiger partial charge in [0.2, 0.25) is 11.8 Å². The van der Waals surface area contributed by atoms with Crippen molar-refractivity contribution >= 4 is 45.2 Å². The van der Waals surface area contributed by atoms with Gasteiger partial charge in [0.25, 0.3) is 0 Å². The molecule has 0 N–H and O–H groups in total. The Morgan fingerprint density at radius 1 is 1.35 bits per heavy atom. The first-order chi connectivity index (χ1) is 8.13. The Balaban J connectivity index is 2.24. The highest BCUT2D eigenvalue weighted by atomic mass is 79.9. The van der Waals surface area contributed by atoms with E-state index in [0.29, 0.717) is 12.1 Å². The van der Waals surface area contributed by atoms with Crippen molar-refractivity contribution in [1.82, 2.24) is 0 Å². The molecule has 2 rings (SSSR count). The zero-order valence-electron chi connectivity index (χ0n) is 9.35. The molecule has 1 saturated heterocycles. The van der Waals surface area contributed by atoms with E-state index in [9.17, 15) is 9.59 Å². The van der Waals surface area contributed by atoms with E-state index in [1.54, 1.807) is 12.1 Å². The van der Waals surface area contributed by atoms with Gasteiger partial charge in [-0.2, -0.15) is 0 Å². The second-order valence-electron chi connectivity index (χ2n) is 3.69. The van der Waals surface area contributed by atoms with Crippen LogP contribution < -0.4 is 4.90 Å². The highest BCUT2D eigenvalue weighted by Crippen LogP contribution is 2.30. The topological polar surface area (TPSA) is 37.4 Å². The minimum atomic E-state index is -0.212. The number of rotatable bonds is 3. The van der Waals surface area contributed by atoms with Gasteiger partial charge >= 0.3 is 0 Å². The Morgan fingerprint density at radius 2 is 2.00 bits per heavy atom. The lowest BCUT2D eigenvalue weighted by Gasteiger charge is -2.14. The van der Waals surface area contributed by atoms with Gasteiger partial charge < -0.3 is 0 Å². The fraction of sp³-hybridized carbons (Fsp3) is 0.333. The molecular weight excluding hydrogens is 302 g/mol. The third-order valence-corrected chi connectivity index (χ3v) is 4.19. The largest absolute Gasteiger partial charge is 0.274 e. The van der Waals surface area contributed by atoms with Crippen LogP contribution in [-0.4, -0.2) is 22.8 Å². The van der Waals surface area contributed by atoms with Crippen LogP contribution in [0.1, 0.15) is 13.3 Å². The van der Waals surface area contributed by atoms with Crippen molar-refractivity contribution in [2.24, 2.45) is 0 Å². The molecule has 1 fully saturated rings. The number of halogens is 1. The third-order valence-electron chi connectivity index (χ3n) is 2.56. The van der Waals surface area contributed by atoms with Crippen molar-refractivity contribution in [2.75, 3.05) is 10.7 Å². The molecule has 0 bridgehead atoms. The minimum Gasteiger partial charge on any atom is -0.274 e. The van der Waals surface area contributed by atoms with Crippen molar-refractivity contribution in [1.29, 1.82) is 0 Å². The highest BCUT2D eigenvalue weighted by Gasteiger charge is 2.39. The van der Waals surface area contributed by atoms with Crippen molar-refractivity contribution in [3.8, 4) is 0 Å². The Hall–Kier alpha value is -0.810. The maximum atomic E-state index is 12.1. The summed E-state index contributed by atoms with van der Waals surface area (Å²) < 4.78 is 0.930. The molecule has 0 aromatic heterocycles. The van der Waals surface area contributed by atoms with Crippen LogP contribution in [0.15, 0.2) is 28.7 Å². The average Bonchev–Trinajstić information content (AvgIpc) is 2.57. The first-order valence-electron chi connectivity index (χ1n) is 5.37. The lowest BCUT2D eigenvalue weighted by molar-refractivity contribution is -0.121. The number of amides is 2. The molecule has 90 valence electrons. The summed E-state index contributed by atoms with van der Waals surface area (Å²) in [6.07, 6.45) is 0.313. The first-order valence-corrected chi connectivity index (χ1v) is 7.21. The molecule has 0 saturated carbocycles. The van der Waals surface area contributed by atoms with E-state index in [1.807, 2.05) is 19.1 Å². The fourth-order valence-corrected chi connectivity index (χ4v) is 2.97. The second-order valence-corrected chi connectivity index (χ2v) is 6.09. The molecule has 17 heavy (non-hydrogen) atoms. The van der Waals surface area contributed by atoms with Crippen LogP contribution >= 0.6 is 27.7 Å². The van der Waals surface area contributed by atoms with Gasteiger partial charge in [-0.05, 0) is 30.0 Å². The molecule has 2 amide bonds.